The number of halogens is 1. The van der Waals surface area contributed by atoms with E-state index in [9.17, 15) is 4.79 Å². The first-order valence-electron chi connectivity index (χ1n) is 5.00. The summed E-state index contributed by atoms with van der Waals surface area (Å²) >= 11 is 5.95. The van der Waals surface area contributed by atoms with Gasteiger partial charge >= 0.3 is 5.97 Å². The lowest BCUT2D eigenvalue weighted by molar-refractivity contribution is -0.137. The molecule has 0 aliphatic carbocycles. The van der Waals surface area contributed by atoms with E-state index in [1.807, 2.05) is 30.3 Å². The van der Waals surface area contributed by atoms with Crippen molar-refractivity contribution in [1.29, 1.82) is 0 Å². The summed E-state index contributed by atoms with van der Waals surface area (Å²) in [5.74, 6) is -0.341. The van der Waals surface area contributed by atoms with Crippen molar-refractivity contribution in [2.75, 3.05) is 6.61 Å². The van der Waals surface area contributed by atoms with Gasteiger partial charge in [0.2, 0.25) is 0 Å². The predicted molar refractivity (Wildman–Crippen MR) is 66.3 cm³/mol. The number of hydrogen-bond acceptors (Lipinski definition) is 2. The van der Waals surface area contributed by atoms with Gasteiger partial charge in [-0.05, 0) is 18.6 Å². The standard InChI is InChI=1S/C13H13ClO2/c1-2-16-13(15)10-6-4-8-11-7-3-5-9-12(11)14/h3-10H,2H2,1H3. The zero-order chi connectivity index (χ0) is 11.8. The van der Waals surface area contributed by atoms with Crippen LogP contribution in [0.3, 0.4) is 0 Å². The fraction of sp³-hybridized carbons (Fsp3) is 0.154. The van der Waals surface area contributed by atoms with E-state index in [-0.39, 0.29) is 5.97 Å². The molecular weight excluding hydrogens is 224 g/mol. The minimum absolute atomic E-state index is 0.341. The molecule has 16 heavy (non-hydrogen) atoms. The van der Waals surface area contributed by atoms with E-state index in [1.54, 1.807) is 19.1 Å². The second kappa shape index (κ2) is 6.85. The van der Waals surface area contributed by atoms with Gasteiger partial charge in [-0.1, -0.05) is 48.0 Å². The third-order valence-corrected chi connectivity index (χ3v) is 2.16. The molecule has 0 aliphatic rings. The topological polar surface area (TPSA) is 26.3 Å². The molecule has 1 aromatic carbocycles. The SMILES string of the molecule is CCOC(=O)C=CC=Cc1ccccc1Cl. The summed E-state index contributed by atoms with van der Waals surface area (Å²) in [6, 6.07) is 7.49. The Labute approximate surface area is 100 Å². The molecule has 0 unspecified atom stereocenters. The highest BCUT2D eigenvalue weighted by atomic mass is 35.5. The molecule has 0 fully saturated rings. The van der Waals surface area contributed by atoms with Crippen LogP contribution in [0.2, 0.25) is 5.02 Å². The van der Waals surface area contributed by atoms with Gasteiger partial charge in [0.15, 0.2) is 0 Å². The highest BCUT2D eigenvalue weighted by molar-refractivity contribution is 6.32. The van der Waals surface area contributed by atoms with Gasteiger partial charge in [0.05, 0.1) is 6.61 Å². The molecule has 3 heteroatoms. The summed E-state index contributed by atoms with van der Waals surface area (Å²) in [5, 5.41) is 0.684. The van der Waals surface area contributed by atoms with Gasteiger partial charge in [0, 0.05) is 11.1 Å². The number of allylic oxidation sites excluding steroid dienone is 2. The third-order valence-electron chi connectivity index (χ3n) is 1.81. The molecule has 0 bridgehead atoms. The second-order valence-electron chi connectivity index (χ2n) is 2.99. The van der Waals surface area contributed by atoms with Crippen molar-refractivity contribution in [3.8, 4) is 0 Å². The normalized spacial score (nSPS) is 11.1. The molecule has 0 radical (unpaired) electrons. The number of esters is 1. The Morgan fingerprint density at radius 3 is 2.81 bits per heavy atom. The van der Waals surface area contributed by atoms with Crippen LogP contribution >= 0.6 is 11.6 Å². The van der Waals surface area contributed by atoms with Gasteiger partial charge in [-0.2, -0.15) is 0 Å². The van der Waals surface area contributed by atoms with Gasteiger partial charge in [0.1, 0.15) is 0 Å². The molecule has 0 saturated carbocycles. The molecule has 84 valence electrons. The molecule has 2 nitrogen and oxygen atoms in total. The quantitative estimate of drug-likeness (QED) is 0.455. The Kier molecular flexibility index (Phi) is 5.37. The number of rotatable bonds is 4. The Morgan fingerprint density at radius 1 is 1.38 bits per heavy atom. The molecule has 0 N–H and O–H groups in total. The van der Waals surface area contributed by atoms with Crippen LogP contribution < -0.4 is 0 Å². The molecule has 0 aliphatic heterocycles. The summed E-state index contributed by atoms with van der Waals surface area (Å²) in [5.41, 5.74) is 0.915. The lowest BCUT2D eigenvalue weighted by Gasteiger charge is -1.95. The molecule has 0 aromatic heterocycles. The van der Waals surface area contributed by atoms with Crippen molar-refractivity contribution >= 4 is 23.6 Å². The van der Waals surface area contributed by atoms with Crippen molar-refractivity contribution in [3.05, 3.63) is 53.1 Å². The van der Waals surface area contributed by atoms with E-state index in [0.717, 1.165) is 5.56 Å². The fourth-order valence-corrected chi connectivity index (χ4v) is 1.29. The molecule has 0 atom stereocenters. The molecule has 0 saturated heterocycles. The van der Waals surface area contributed by atoms with Crippen LogP contribution in [-0.4, -0.2) is 12.6 Å². The number of carbonyl (C=O) groups excluding carboxylic acids is 1. The fourth-order valence-electron chi connectivity index (χ4n) is 1.09. The van der Waals surface area contributed by atoms with Crippen LogP contribution in [0.25, 0.3) is 6.08 Å². The largest absolute Gasteiger partial charge is 0.463 e. The van der Waals surface area contributed by atoms with Gasteiger partial charge in [-0.25, -0.2) is 4.79 Å². The molecule has 0 heterocycles. The smallest absolute Gasteiger partial charge is 0.330 e. The maximum atomic E-state index is 11.0. The summed E-state index contributed by atoms with van der Waals surface area (Å²) in [6.07, 6.45) is 6.58. The first kappa shape index (κ1) is 12.5. The van der Waals surface area contributed by atoms with E-state index in [4.69, 9.17) is 16.3 Å². The van der Waals surface area contributed by atoms with Crippen LogP contribution in [0, 0.1) is 0 Å². The average Bonchev–Trinajstić information content (AvgIpc) is 2.27. The Balaban J connectivity index is 2.55. The van der Waals surface area contributed by atoms with Crippen molar-refractivity contribution in [2.24, 2.45) is 0 Å². The highest BCUT2D eigenvalue weighted by Crippen LogP contribution is 2.16. The second-order valence-corrected chi connectivity index (χ2v) is 3.40. The molecule has 1 rings (SSSR count). The lowest BCUT2D eigenvalue weighted by Crippen LogP contribution is -1.98. The number of ether oxygens (including phenoxy) is 1. The zero-order valence-electron chi connectivity index (χ0n) is 9.02. The van der Waals surface area contributed by atoms with Crippen molar-refractivity contribution in [2.45, 2.75) is 6.92 Å². The summed E-state index contributed by atoms with van der Waals surface area (Å²) in [7, 11) is 0. The monoisotopic (exact) mass is 236 g/mol. The van der Waals surface area contributed by atoms with Gasteiger partial charge < -0.3 is 4.74 Å². The van der Waals surface area contributed by atoms with E-state index in [0.29, 0.717) is 11.6 Å². The average molecular weight is 237 g/mol. The molecule has 0 spiro atoms. The molecule has 1 aromatic rings. The third kappa shape index (κ3) is 4.32. The van der Waals surface area contributed by atoms with Gasteiger partial charge in [-0.3, -0.25) is 0 Å². The molecule has 0 amide bonds. The van der Waals surface area contributed by atoms with Gasteiger partial charge in [-0.15, -0.1) is 0 Å². The Bertz CT molecular complexity index is 408. The van der Waals surface area contributed by atoms with E-state index in [1.165, 1.54) is 6.08 Å². The van der Waals surface area contributed by atoms with E-state index in [2.05, 4.69) is 0 Å². The highest BCUT2D eigenvalue weighted by Gasteiger charge is 1.92. The summed E-state index contributed by atoms with van der Waals surface area (Å²) in [6.45, 7) is 2.16. The Hall–Kier alpha value is -1.54. The maximum absolute atomic E-state index is 11.0. The van der Waals surface area contributed by atoms with Crippen LogP contribution in [-0.2, 0) is 9.53 Å². The van der Waals surface area contributed by atoms with Crippen LogP contribution in [0.1, 0.15) is 12.5 Å². The number of carbonyl (C=O) groups is 1. The van der Waals surface area contributed by atoms with Crippen LogP contribution in [0.5, 0.6) is 0 Å². The first-order valence-corrected chi connectivity index (χ1v) is 5.38. The molecular formula is C13H13ClO2. The summed E-state index contributed by atoms with van der Waals surface area (Å²) < 4.78 is 4.73. The summed E-state index contributed by atoms with van der Waals surface area (Å²) in [4.78, 5) is 11.0. The van der Waals surface area contributed by atoms with Crippen LogP contribution in [0.4, 0.5) is 0 Å². The maximum Gasteiger partial charge on any atom is 0.330 e. The van der Waals surface area contributed by atoms with Crippen molar-refractivity contribution in [3.63, 3.8) is 0 Å². The zero-order valence-corrected chi connectivity index (χ0v) is 9.78. The van der Waals surface area contributed by atoms with E-state index >= 15 is 0 Å². The minimum Gasteiger partial charge on any atom is -0.463 e. The lowest BCUT2D eigenvalue weighted by atomic mass is 10.2. The number of hydrogen-bond donors (Lipinski definition) is 0. The first-order chi connectivity index (χ1) is 7.74. The van der Waals surface area contributed by atoms with Crippen LogP contribution in [0.15, 0.2) is 42.5 Å². The number of benzene rings is 1. The Morgan fingerprint density at radius 2 is 2.12 bits per heavy atom. The van der Waals surface area contributed by atoms with Crippen molar-refractivity contribution in [1.82, 2.24) is 0 Å². The minimum atomic E-state index is -0.341. The van der Waals surface area contributed by atoms with Gasteiger partial charge in [0.25, 0.3) is 0 Å². The predicted octanol–water partition coefficient (Wildman–Crippen LogP) is 3.47. The van der Waals surface area contributed by atoms with E-state index < -0.39 is 0 Å². The van der Waals surface area contributed by atoms with Crippen molar-refractivity contribution < 1.29 is 9.53 Å².